The van der Waals surface area contributed by atoms with Crippen LogP contribution in [0.1, 0.15) is 22.6 Å². The van der Waals surface area contributed by atoms with Gasteiger partial charge in [-0.2, -0.15) is 0 Å². The maximum atomic E-state index is 12.7. The van der Waals surface area contributed by atoms with E-state index < -0.39 is 34.6 Å². The van der Waals surface area contributed by atoms with Crippen LogP contribution >= 0.6 is 11.6 Å². The Morgan fingerprint density at radius 3 is 2.57 bits per heavy atom. The molecule has 3 nitrogen and oxygen atoms in total. The summed E-state index contributed by atoms with van der Waals surface area (Å²) in [6, 6.07) is 0.500. The highest BCUT2D eigenvalue weighted by molar-refractivity contribution is 6.33. The summed E-state index contributed by atoms with van der Waals surface area (Å²) < 4.78 is 36.9. The van der Waals surface area contributed by atoms with Crippen LogP contribution in [0.4, 0.5) is 13.2 Å². The van der Waals surface area contributed by atoms with Crippen LogP contribution in [0.3, 0.4) is 0 Å². The van der Waals surface area contributed by atoms with E-state index in [1.54, 1.807) is 0 Å². The molecule has 1 rings (SSSR count). The Balaban J connectivity index is 3.34. The average Bonchev–Trinajstić information content (AvgIpc) is 2.02. The van der Waals surface area contributed by atoms with Gasteiger partial charge >= 0.3 is 5.97 Å². The fraction of sp³-hybridized carbons (Fsp3) is 0.143. The van der Waals surface area contributed by atoms with E-state index in [0.717, 1.165) is 0 Å². The van der Waals surface area contributed by atoms with E-state index in [1.165, 1.54) is 0 Å². The lowest BCUT2D eigenvalue weighted by Crippen LogP contribution is -2.06. The SMILES string of the molecule is O=C(O)c1nc(C(F)F)c(F)cc1Cl. The number of aromatic nitrogens is 1. The van der Waals surface area contributed by atoms with Gasteiger partial charge in [0.1, 0.15) is 5.69 Å². The van der Waals surface area contributed by atoms with Gasteiger partial charge in [0.05, 0.1) is 5.02 Å². The summed E-state index contributed by atoms with van der Waals surface area (Å²) in [5, 5.41) is 7.93. The molecule has 0 amide bonds. The van der Waals surface area contributed by atoms with Crippen LogP contribution < -0.4 is 0 Å². The molecule has 7 heteroatoms. The molecule has 1 aromatic heterocycles. The predicted molar refractivity (Wildman–Crippen MR) is 41.1 cm³/mol. The normalized spacial score (nSPS) is 10.6. The maximum absolute atomic E-state index is 12.7. The van der Waals surface area contributed by atoms with Crippen LogP contribution in [-0.4, -0.2) is 16.1 Å². The molecule has 0 aliphatic carbocycles. The fourth-order valence-electron chi connectivity index (χ4n) is 0.784. The number of carbonyl (C=O) groups is 1. The summed E-state index contributed by atoms with van der Waals surface area (Å²) in [4.78, 5) is 13.3. The number of aromatic carboxylic acids is 1. The Hall–Kier alpha value is -1.30. The molecule has 0 unspecified atom stereocenters. The van der Waals surface area contributed by atoms with Crippen molar-refractivity contribution in [2.24, 2.45) is 0 Å². The van der Waals surface area contributed by atoms with Crippen LogP contribution in [-0.2, 0) is 0 Å². The molecular weight excluding hydrogens is 223 g/mol. The van der Waals surface area contributed by atoms with Gasteiger partial charge in [-0.3, -0.25) is 0 Å². The highest BCUT2D eigenvalue weighted by Gasteiger charge is 2.21. The van der Waals surface area contributed by atoms with Crippen molar-refractivity contribution < 1.29 is 23.1 Å². The molecule has 0 radical (unpaired) electrons. The Labute approximate surface area is 81.1 Å². The summed E-state index contributed by atoms with van der Waals surface area (Å²) in [5.74, 6) is -2.91. The number of nitrogens with zero attached hydrogens (tertiary/aromatic N) is 1. The lowest BCUT2D eigenvalue weighted by atomic mass is 10.3. The van der Waals surface area contributed by atoms with Gasteiger partial charge < -0.3 is 5.11 Å². The number of hydrogen-bond donors (Lipinski definition) is 1. The summed E-state index contributed by atoms with van der Waals surface area (Å²) in [6.07, 6.45) is -3.18. The molecule has 14 heavy (non-hydrogen) atoms. The second-order valence-corrected chi connectivity index (χ2v) is 2.70. The molecule has 0 aliphatic rings. The lowest BCUT2D eigenvalue weighted by molar-refractivity contribution is 0.0688. The molecule has 1 heterocycles. The summed E-state index contributed by atoms with van der Waals surface area (Å²) >= 11 is 5.27. The van der Waals surface area contributed by atoms with Gasteiger partial charge in [-0.25, -0.2) is 22.9 Å². The van der Waals surface area contributed by atoms with Crippen LogP contribution in [0.25, 0.3) is 0 Å². The van der Waals surface area contributed by atoms with E-state index in [2.05, 4.69) is 4.98 Å². The highest BCUT2D eigenvalue weighted by Crippen LogP contribution is 2.24. The van der Waals surface area contributed by atoms with E-state index in [1.807, 2.05) is 0 Å². The second-order valence-electron chi connectivity index (χ2n) is 2.29. The van der Waals surface area contributed by atoms with Gasteiger partial charge in [0, 0.05) is 0 Å². The van der Waals surface area contributed by atoms with Crippen LogP contribution in [0.2, 0.25) is 5.02 Å². The van der Waals surface area contributed by atoms with E-state index in [4.69, 9.17) is 16.7 Å². The first kappa shape index (κ1) is 10.8. The summed E-state index contributed by atoms with van der Waals surface area (Å²) in [5.41, 5.74) is -2.00. The zero-order valence-electron chi connectivity index (χ0n) is 6.47. The third-order valence-electron chi connectivity index (χ3n) is 1.37. The minimum absolute atomic E-state index is 0.500. The first-order valence-electron chi connectivity index (χ1n) is 3.31. The molecular formula is C7H3ClF3NO2. The Morgan fingerprint density at radius 2 is 2.14 bits per heavy atom. The minimum atomic E-state index is -3.18. The van der Waals surface area contributed by atoms with Gasteiger partial charge in [-0.05, 0) is 6.07 Å². The van der Waals surface area contributed by atoms with Crippen molar-refractivity contribution in [3.63, 3.8) is 0 Å². The molecule has 0 bridgehead atoms. The number of carboxylic acid groups (broad SMARTS) is 1. The van der Waals surface area contributed by atoms with Crippen LogP contribution in [0.5, 0.6) is 0 Å². The molecule has 0 fully saturated rings. The summed E-state index contributed by atoms with van der Waals surface area (Å²) in [7, 11) is 0. The van der Waals surface area contributed by atoms with Crippen LogP contribution in [0, 0.1) is 5.82 Å². The molecule has 0 aromatic carbocycles. The number of alkyl halides is 2. The number of halogens is 4. The monoisotopic (exact) mass is 225 g/mol. The third-order valence-corrected chi connectivity index (χ3v) is 1.65. The lowest BCUT2D eigenvalue weighted by Gasteiger charge is -2.03. The molecule has 1 aromatic rings. The van der Waals surface area contributed by atoms with Gasteiger partial charge in [0.2, 0.25) is 0 Å². The highest BCUT2D eigenvalue weighted by atomic mass is 35.5. The van der Waals surface area contributed by atoms with Crippen LogP contribution in [0.15, 0.2) is 6.07 Å². The largest absolute Gasteiger partial charge is 0.476 e. The number of rotatable bonds is 2. The van der Waals surface area contributed by atoms with Crippen molar-refractivity contribution >= 4 is 17.6 Å². The van der Waals surface area contributed by atoms with Crippen molar-refractivity contribution in [1.82, 2.24) is 4.98 Å². The third kappa shape index (κ3) is 1.95. The first-order valence-corrected chi connectivity index (χ1v) is 3.68. The Morgan fingerprint density at radius 1 is 1.57 bits per heavy atom. The van der Waals surface area contributed by atoms with Crippen molar-refractivity contribution in [1.29, 1.82) is 0 Å². The zero-order valence-corrected chi connectivity index (χ0v) is 7.23. The topological polar surface area (TPSA) is 50.2 Å². The smallest absolute Gasteiger partial charge is 0.356 e. The molecule has 1 N–H and O–H groups in total. The number of pyridine rings is 1. The average molecular weight is 226 g/mol. The minimum Gasteiger partial charge on any atom is -0.476 e. The van der Waals surface area contributed by atoms with Gasteiger partial charge in [-0.15, -0.1) is 0 Å². The van der Waals surface area contributed by atoms with Crippen molar-refractivity contribution in [3.05, 3.63) is 28.3 Å². The van der Waals surface area contributed by atoms with E-state index >= 15 is 0 Å². The molecule has 0 saturated heterocycles. The van der Waals surface area contributed by atoms with Crippen molar-refractivity contribution in [2.45, 2.75) is 6.43 Å². The van der Waals surface area contributed by atoms with Gasteiger partial charge in [0.15, 0.2) is 11.5 Å². The van der Waals surface area contributed by atoms with Crippen molar-refractivity contribution in [3.8, 4) is 0 Å². The molecule has 76 valence electrons. The number of hydrogen-bond acceptors (Lipinski definition) is 2. The molecule has 0 aliphatic heterocycles. The van der Waals surface area contributed by atoms with E-state index in [9.17, 15) is 18.0 Å². The quantitative estimate of drug-likeness (QED) is 0.841. The predicted octanol–water partition coefficient (Wildman–Crippen LogP) is 2.51. The fourth-order valence-corrected chi connectivity index (χ4v) is 1.00. The maximum Gasteiger partial charge on any atom is 0.356 e. The van der Waals surface area contributed by atoms with Gasteiger partial charge in [0.25, 0.3) is 6.43 Å². The molecule has 0 spiro atoms. The summed E-state index contributed by atoms with van der Waals surface area (Å²) in [6.45, 7) is 0. The Bertz CT molecular complexity index is 383. The van der Waals surface area contributed by atoms with Gasteiger partial charge in [-0.1, -0.05) is 11.6 Å². The second kappa shape index (κ2) is 3.83. The van der Waals surface area contributed by atoms with E-state index in [-0.39, 0.29) is 0 Å². The standard InChI is InChI=1S/C7H3ClF3NO2/c8-2-1-3(9)5(6(10)11)12-4(2)7(13)14/h1,6H,(H,13,14). The van der Waals surface area contributed by atoms with E-state index in [0.29, 0.717) is 6.07 Å². The zero-order chi connectivity index (χ0) is 10.9. The number of carboxylic acids is 1. The first-order chi connectivity index (χ1) is 6.43. The molecule has 0 atom stereocenters. The Kier molecular flexibility index (Phi) is 2.95. The van der Waals surface area contributed by atoms with Crippen molar-refractivity contribution in [2.75, 3.05) is 0 Å². The molecule has 0 saturated carbocycles.